The molecular formula is C12H29NSi2. The van der Waals surface area contributed by atoms with Crippen LogP contribution < -0.4 is 0 Å². The lowest BCUT2D eigenvalue weighted by atomic mass is 10.1. The highest BCUT2D eigenvalue weighted by atomic mass is 28.3. The fourth-order valence-corrected chi connectivity index (χ4v) is 6.73. The third kappa shape index (κ3) is 8.23. The molecule has 90 valence electrons. The SMILES string of the molecule is CCCCCCCCN([Si](C)C)[Si](C)C. The van der Waals surface area contributed by atoms with Gasteiger partial charge in [0.25, 0.3) is 0 Å². The summed E-state index contributed by atoms with van der Waals surface area (Å²) in [5, 5.41) is 0. The molecule has 0 aromatic rings. The number of unbranched alkanes of at least 4 members (excludes halogenated alkanes) is 5. The largest absolute Gasteiger partial charge is 0.348 e. The Kier molecular flexibility index (Phi) is 9.86. The molecule has 3 heteroatoms. The highest BCUT2D eigenvalue weighted by Crippen LogP contribution is 2.08. The molecule has 0 saturated heterocycles. The Labute approximate surface area is 101 Å². The van der Waals surface area contributed by atoms with Gasteiger partial charge in [0.1, 0.15) is 17.9 Å². The predicted molar refractivity (Wildman–Crippen MR) is 75.0 cm³/mol. The molecule has 0 aliphatic carbocycles. The number of nitrogens with zero attached hydrogens (tertiary/aromatic N) is 1. The summed E-state index contributed by atoms with van der Waals surface area (Å²) < 4.78 is 2.80. The average molecular weight is 244 g/mol. The number of hydrogen-bond donors (Lipinski definition) is 0. The van der Waals surface area contributed by atoms with E-state index in [-0.39, 0.29) is 17.9 Å². The van der Waals surface area contributed by atoms with Crippen molar-refractivity contribution >= 4 is 17.9 Å². The Bertz CT molecular complexity index is 130. The number of hydrogen-bond acceptors (Lipinski definition) is 1. The fraction of sp³-hybridized carbons (Fsp3) is 1.00. The first kappa shape index (κ1) is 15.4. The molecule has 0 aliphatic heterocycles. The van der Waals surface area contributed by atoms with E-state index in [1.54, 1.807) is 0 Å². The summed E-state index contributed by atoms with van der Waals surface area (Å²) in [7, 11) is -0.382. The van der Waals surface area contributed by atoms with E-state index in [0.29, 0.717) is 0 Å². The molecule has 0 heterocycles. The minimum absolute atomic E-state index is 0.191. The molecule has 0 aromatic heterocycles. The average Bonchev–Trinajstić information content (AvgIpc) is 2.15. The predicted octanol–water partition coefficient (Wildman–Crippen LogP) is 4.15. The zero-order valence-electron chi connectivity index (χ0n) is 11.4. The molecule has 0 amide bonds. The fourth-order valence-electron chi connectivity index (χ4n) is 1.94. The second-order valence-electron chi connectivity index (χ2n) is 4.81. The lowest BCUT2D eigenvalue weighted by Gasteiger charge is -2.28. The molecule has 0 atom stereocenters. The van der Waals surface area contributed by atoms with Gasteiger partial charge in [0, 0.05) is 0 Å². The van der Waals surface area contributed by atoms with Gasteiger partial charge in [-0.3, -0.25) is 0 Å². The van der Waals surface area contributed by atoms with Crippen LogP contribution in [0.25, 0.3) is 0 Å². The lowest BCUT2D eigenvalue weighted by molar-refractivity contribution is 0.547. The van der Waals surface area contributed by atoms with Crippen LogP contribution in [-0.4, -0.2) is 28.7 Å². The zero-order chi connectivity index (χ0) is 11.7. The van der Waals surface area contributed by atoms with Crippen molar-refractivity contribution in [2.75, 3.05) is 6.54 Å². The van der Waals surface area contributed by atoms with Crippen LogP contribution in [0.5, 0.6) is 0 Å². The number of rotatable bonds is 9. The van der Waals surface area contributed by atoms with Gasteiger partial charge in [-0.15, -0.1) is 0 Å². The summed E-state index contributed by atoms with van der Waals surface area (Å²) in [5.74, 6) is 0. The van der Waals surface area contributed by atoms with Gasteiger partial charge in [0.05, 0.1) is 0 Å². The van der Waals surface area contributed by atoms with Gasteiger partial charge in [-0.25, -0.2) is 0 Å². The van der Waals surface area contributed by atoms with Gasteiger partial charge >= 0.3 is 0 Å². The van der Waals surface area contributed by atoms with Gasteiger partial charge < -0.3 is 4.23 Å². The molecule has 0 saturated carbocycles. The van der Waals surface area contributed by atoms with Crippen molar-refractivity contribution in [3.05, 3.63) is 0 Å². The van der Waals surface area contributed by atoms with Crippen LogP contribution in [0.1, 0.15) is 45.4 Å². The van der Waals surface area contributed by atoms with E-state index >= 15 is 0 Å². The molecule has 15 heavy (non-hydrogen) atoms. The minimum Gasteiger partial charge on any atom is -0.348 e. The maximum absolute atomic E-state index is 2.80. The summed E-state index contributed by atoms with van der Waals surface area (Å²) in [5.41, 5.74) is 0. The minimum atomic E-state index is -0.191. The van der Waals surface area contributed by atoms with Crippen molar-refractivity contribution < 1.29 is 0 Å². The summed E-state index contributed by atoms with van der Waals surface area (Å²) in [4.78, 5) is 0. The van der Waals surface area contributed by atoms with Gasteiger partial charge in [-0.05, 0) is 13.0 Å². The van der Waals surface area contributed by atoms with Crippen molar-refractivity contribution in [1.29, 1.82) is 0 Å². The first-order valence-electron chi connectivity index (χ1n) is 6.47. The van der Waals surface area contributed by atoms with Crippen molar-refractivity contribution in [1.82, 2.24) is 4.23 Å². The molecular weight excluding hydrogens is 214 g/mol. The lowest BCUT2D eigenvalue weighted by Crippen LogP contribution is -2.43. The maximum atomic E-state index is 2.80. The van der Waals surface area contributed by atoms with Crippen molar-refractivity contribution in [3.8, 4) is 0 Å². The maximum Gasteiger partial charge on any atom is 0.122 e. The van der Waals surface area contributed by atoms with E-state index in [9.17, 15) is 0 Å². The van der Waals surface area contributed by atoms with E-state index < -0.39 is 0 Å². The van der Waals surface area contributed by atoms with Crippen LogP contribution in [0.2, 0.25) is 26.2 Å². The van der Waals surface area contributed by atoms with Gasteiger partial charge in [0.2, 0.25) is 0 Å². The van der Waals surface area contributed by atoms with Gasteiger partial charge in [-0.2, -0.15) is 0 Å². The summed E-state index contributed by atoms with van der Waals surface area (Å²) in [6.07, 6.45) is 8.56. The molecule has 0 aliphatic rings. The van der Waals surface area contributed by atoms with Crippen LogP contribution in [0.15, 0.2) is 0 Å². The molecule has 0 N–H and O–H groups in total. The van der Waals surface area contributed by atoms with E-state index in [1.807, 2.05) is 0 Å². The third-order valence-electron chi connectivity index (χ3n) is 2.81. The Morgan fingerprint density at radius 3 is 1.67 bits per heavy atom. The van der Waals surface area contributed by atoms with E-state index in [1.165, 1.54) is 45.1 Å². The monoisotopic (exact) mass is 243 g/mol. The molecule has 0 unspecified atom stereocenters. The van der Waals surface area contributed by atoms with Crippen molar-refractivity contribution in [3.63, 3.8) is 0 Å². The summed E-state index contributed by atoms with van der Waals surface area (Å²) in [6, 6.07) is 0. The molecule has 0 fully saturated rings. The Morgan fingerprint density at radius 2 is 1.20 bits per heavy atom. The summed E-state index contributed by atoms with van der Waals surface area (Å²) >= 11 is 0. The second kappa shape index (κ2) is 9.61. The highest BCUT2D eigenvalue weighted by molar-refractivity contribution is 6.69. The van der Waals surface area contributed by atoms with Crippen LogP contribution in [0.4, 0.5) is 0 Å². The molecule has 0 bridgehead atoms. The van der Waals surface area contributed by atoms with E-state index in [4.69, 9.17) is 0 Å². The Hall–Kier alpha value is 0.394. The Morgan fingerprint density at radius 1 is 0.733 bits per heavy atom. The molecule has 2 radical (unpaired) electrons. The molecule has 1 nitrogen and oxygen atoms in total. The molecule has 0 rings (SSSR count). The van der Waals surface area contributed by atoms with Gasteiger partial charge in [-0.1, -0.05) is 65.2 Å². The van der Waals surface area contributed by atoms with Crippen LogP contribution in [0.3, 0.4) is 0 Å². The summed E-state index contributed by atoms with van der Waals surface area (Å²) in [6.45, 7) is 13.4. The first-order valence-corrected chi connectivity index (χ1v) is 11.4. The third-order valence-corrected chi connectivity index (χ3v) is 8.10. The molecule has 0 spiro atoms. The van der Waals surface area contributed by atoms with Crippen LogP contribution in [0, 0.1) is 0 Å². The normalized spacial score (nSPS) is 12.0. The smallest absolute Gasteiger partial charge is 0.122 e. The second-order valence-corrected chi connectivity index (χ2v) is 10.1. The van der Waals surface area contributed by atoms with E-state index in [0.717, 1.165) is 0 Å². The zero-order valence-corrected chi connectivity index (χ0v) is 13.4. The van der Waals surface area contributed by atoms with Gasteiger partial charge in [0.15, 0.2) is 0 Å². The van der Waals surface area contributed by atoms with Crippen molar-refractivity contribution in [2.45, 2.75) is 71.6 Å². The molecule has 0 aromatic carbocycles. The van der Waals surface area contributed by atoms with E-state index in [2.05, 4.69) is 37.3 Å². The standard InChI is InChI=1S/C12H29NSi2/c1-6-7-8-9-10-11-12-13(14(2)3)15(4)5/h6-12H2,1-5H3. The highest BCUT2D eigenvalue weighted by Gasteiger charge is 2.14. The first-order chi connectivity index (χ1) is 7.09. The van der Waals surface area contributed by atoms with Crippen LogP contribution >= 0.6 is 0 Å². The quantitative estimate of drug-likeness (QED) is 0.434. The Balaban J connectivity index is 3.46. The van der Waals surface area contributed by atoms with Crippen LogP contribution in [-0.2, 0) is 0 Å². The van der Waals surface area contributed by atoms with Crippen molar-refractivity contribution in [2.24, 2.45) is 0 Å². The topological polar surface area (TPSA) is 3.24 Å².